The van der Waals surface area contributed by atoms with Crippen molar-refractivity contribution in [2.45, 2.75) is 13.0 Å². The predicted molar refractivity (Wildman–Crippen MR) is 110 cm³/mol. The van der Waals surface area contributed by atoms with Gasteiger partial charge in [0.05, 0.1) is 5.69 Å². The Morgan fingerprint density at radius 2 is 1.96 bits per heavy atom. The summed E-state index contributed by atoms with van der Waals surface area (Å²) in [6.07, 6.45) is 0. The van der Waals surface area contributed by atoms with E-state index in [0.29, 0.717) is 5.69 Å². The average Bonchev–Trinajstić information content (AvgIpc) is 3.37. The maximum Gasteiger partial charge on any atom is 0.186 e. The molecule has 0 amide bonds. The van der Waals surface area contributed by atoms with Gasteiger partial charge in [-0.1, -0.05) is 12.1 Å². The lowest BCUT2D eigenvalue weighted by atomic mass is 10.1. The van der Waals surface area contributed by atoms with Crippen molar-refractivity contribution in [3.63, 3.8) is 0 Å². The van der Waals surface area contributed by atoms with Gasteiger partial charge in [0.25, 0.3) is 0 Å². The van der Waals surface area contributed by atoms with Gasteiger partial charge in [0.15, 0.2) is 11.5 Å². The Balaban J connectivity index is 1.43. The second-order valence-corrected chi connectivity index (χ2v) is 7.72. The molecule has 28 heavy (non-hydrogen) atoms. The van der Waals surface area contributed by atoms with Crippen LogP contribution in [0.1, 0.15) is 6.92 Å². The number of anilines is 2. The van der Waals surface area contributed by atoms with E-state index in [1.54, 1.807) is 21.9 Å². The molecule has 6 nitrogen and oxygen atoms in total. The van der Waals surface area contributed by atoms with Gasteiger partial charge in [-0.05, 0) is 42.6 Å². The zero-order valence-electron chi connectivity index (χ0n) is 15.4. The molecule has 3 aromatic heterocycles. The Labute approximate surface area is 165 Å². The molecule has 1 saturated heterocycles. The highest BCUT2D eigenvalue weighted by Crippen LogP contribution is 2.26. The fourth-order valence-corrected chi connectivity index (χ4v) is 4.36. The summed E-state index contributed by atoms with van der Waals surface area (Å²) in [5.41, 5.74) is 2.40. The van der Waals surface area contributed by atoms with Crippen molar-refractivity contribution in [3.8, 4) is 11.4 Å². The highest BCUT2D eigenvalue weighted by atomic mass is 32.1. The van der Waals surface area contributed by atoms with Crippen molar-refractivity contribution in [1.82, 2.24) is 19.8 Å². The fraction of sp³-hybridized carbons (Fsp3) is 0.250. The molecule has 4 aromatic rings. The van der Waals surface area contributed by atoms with Crippen molar-refractivity contribution in [2.75, 3.05) is 29.4 Å². The lowest BCUT2D eigenvalue weighted by Crippen LogP contribution is -2.52. The number of benzene rings is 1. The van der Waals surface area contributed by atoms with Crippen LogP contribution < -0.4 is 9.80 Å². The molecule has 5 rings (SSSR count). The summed E-state index contributed by atoms with van der Waals surface area (Å²) >= 11 is 1.62. The van der Waals surface area contributed by atoms with E-state index in [1.807, 2.05) is 41.1 Å². The van der Waals surface area contributed by atoms with Crippen LogP contribution in [0.15, 0.2) is 53.2 Å². The zero-order valence-corrected chi connectivity index (χ0v) is 16.2. The van der Waals surface area contributed by atoms with E-state index in [0.717, 1.165) is 42.5 Å². The van der Waals surface area contributed by atoms with Crippen molar-refractivity contribution < 1.29 is 4.39 Å². The summed E-state index contributed by atoms with van der Waals surface area (Å²) < 4.78 is 16.0. The molecule has 1 aromatic carbocycles. The molecule has 0 bridgehead atoms. The maximum atomic E-state index is 14.2. The summed E-state index contributed by atoms with van der Waals surface area (Å²) in [6, 6.07) is 13.1. The van der Waals surface area contributed by atoms with E-state index < -0.39 is 0 Å². The Bertz CT molecular complexity index is 1110. The number of nitrogens with zero attached hydrogens (tertiary/aromatic N) is 6. The molecule has 0 saturated carbocycles. The molecular weight excluding hydrogens is 375 g/mol. The SMILES string of the molecule is CC1CN(c2ccccc2F)CCN1c1ccc2nnc(-c3ccsc3)n2n1. The van der Waals surface area contributed by atoms with E-state index >= 15 is 0 Å². The van der Waals surface area contributed by atoms with Gasteiger partial charge in [-0.25, -0.2) is 4.39 Å². The van der Waals surface area contributed by atoms with Crippen LogP contribution in [0.5, 0.6) is 0 Å². The monoisotopic (exact) mass is 394 g/mol. The Morgan fingerprint density at radius 1 is 1.07 bits per heavy atom. The predicted octanol–water partition coefficient (Wildman–Crippen LogP) is 3.71. The number of piperazine rings is 1. The second-order valence-electron chi connectivity index (χ2n) is 6.94. The van der Waals surface area contributed by atoms with Crippen LogP contribution in [0.2, 0.25) is 0 Å². The summed E-state index contributed by atoms with van der Waals surface area (Å²) in [5.74, 6) is 1.45. The van der Waals surface area contributed by atoms with Crippen LogP contribution >= 0.6 is 11.3 Å². The third kappa shape index (κ3) is 2.90. The molecule has 1 aliphatic rings. The molecule has 1 unspecified atom stereocenters. The molecule has 1 fully saturated rings. The molecule has 1 aliphatic heterocycles. The van der Waals surface area contributed by atoms with Gasteiger partial charge >= 0.3 is 0 Å². The fourth-order valence-electron chi connectivity index (χ4n) is 3.73. The number of para-hydroxylation sites is 1. The molecule has 0 N–H and O–H groups in total. The number of aromatic nitrogens is 4. The first-order chi connectivity index (χ1) is 13.7. The van der Waals surface area contributed by atoms with E-state index in [-0.39, 0.29) is 11.9 Å². The van der Waals surface area contributed by atoms with Crippen LogP contribution in [0.4, 0.5) is 15.9 Å². The first kappa shape index (κ1) is 17.1. The van der Waals surface area contributed by atoms with Crippen molar-refractivity contribution in [1.29, 1.82) is 0 Å². The van der Waals surface area contributed by atoms with Gasteiger partial charge in [0.2, 0.25) is 0 Å². The molecule has 1 atom stereocenters. The highest BCUT2D eigenvalue weighted by Gasteiger charge is 2.26. The molecule has 4 heterocycles. The summed E-state index contributed by atoms with van der Waals surface area (Å²) in [4.78, 5) is 4.36. The minimum atomic E-state index is -0.174. The largest absolute Gasteiger partial charge is 0.365 e. The quantitative estimate of drug-likeness (QED) is 0.530. The Morgan fingerprint density at radius 3 is 2.75 bits per heavy atom. The number of fused-ring (bicyclic) bond motifs is 1. The van der Waals surface area contributed by atoms with Gasteiger partial charge in [-0.15, -0.1) is 15.3 Å². The van der Waals surface area contributed by atoms with Crippen LogP contribution in [0.3, 0.4) is 0 Å². The standard InChI is InChI=1S/C20H19FN6S/c1-14-12-25(17-5-3-2-4-16(17)21)9-10-26(14)19-7-6-18-22-23-20(27(18)24-19)15-8-11-28-13-15/h2-8,11,13-14H,9-10,12H2,1H3. The minimum Gasteiger partial charge on any atom is -0.365 e. The smallest absolute Gasteiger partial charge is 0.186 e. The number of hydrogen-bond donors (Lipinski definition) is 0. The van der Waals surface area contributed by atoms with Gasteiger partial charge in [-0.3, -0.25) is 0 Å². The van der Waals surface area contributed by atoms with Crippen LogP contribution in [-0.4, -0.2) is 45.5 Å². The zero-order chi connectivity index (χ0) is 19.1. The summed E-state index contributed by atoms with van der Waals surface area (Å²) in [6.45, 7) is 4.39. The maximum absolute atomic E-state index is 14.2. The number of halogens is 1. The molecular formula is C20H19FN6S. The molecule has 0 aliphatic carbocycles. The molecule has 142 valence electrons. The van der Waals surface area contributed by atoms with Crippen LogP contribution in [-0.2, 0) is 0 Å². The van der Waals surface area contributed by atoms with E-state index in [1.165, 1.54) is 6.07 Å². The lowest BCUT2D eigenvalue weighted by molar-refractivity contribution is 0.531. The Hall–Kier alpha value is -3.00. The lowest BCUT2D eigenvalue weighted by Gasteiger charge is -2.41. The number of rotatable bonds is 3. The van der Waals surface area contributed by atoms with Crippen molar-refractivity contribution in [3.05, 3.63) is 59.0 Å². The average molecular weight is 394 g/mol. The van der Waals surface area contributed by atoms with Crippen LogP contribution in [0, 0.1) is 5.82 Å². The van der Waals surface area contributed by atoms with E-state index in [9.17, 15) is 4.39 Å². The van der Waals surface area contributed by atoms with E-state index in [2.05, 4.69) is 26.9 Å². The molecule has 0 spiro atoms. The van der Waals surface area contributed by atoms with Crippen molar-refractivity contribution in [2.24, 2.45) is 0 Å². The van der Waals surface area contributed by atoms with E-state index in [4.69, 9.17) is 5.10 Å². The first-order valence-corrected chi connectivity index (χ1v) is 10.2. The highest BCUT2D eigenvalue weighted by molar-refractivity contribution is 7.08. The summed E-state index contributed by atoms with van der Waals surface area (Å²) in [5, 5.41) is 17.4. The van der Waals surface area contributed by atoms with Crippen LogP contribution in [0.25, 0.3) is 17.0 Å². The number of thiophene rings is 1. The second kappa shape index (κ2) is 6.87. The first-order valence-electron chi connectivity index (χ1n) is 9.22. The van der Waals surface area contributed by atoms with Gasteiger partial charge in [0, 0.05) is 36.6 Å². The van der Waals surface area contributed by atoms with Crippen molar-refractivity contribution >= 4 is 28.5 Å². The molecule has 8 heteroatoms. The van der Waals surface area contributed by atoms with Gasteiger partial charge in [0.1, 0.15) is 11.6 Å². The topological polar surface area (TPSA) is 49.6 Å². The minimum absolute atomic E-state index is 0.174. The van der Waals surface area contributed by atoms with Gasteiger partial charge < -0.3 is 9.80 Å². The summed E-state index contributed by atoms with van der Waals surface area (Å²) in [7, 11) is 0. The third-order valence-electron chi connectivity index (χ3n) is 5.14. The molecule has 0 radical (unpaired) electrons. The van der Waals surface area contributed by atoms with Gasteiger partial charge in [-0.2, -0.15) is 15.9 Å². The number of hydrogen-bond acceptors (Lipinski definition) is 6. The third-order valence-corrected chi connectivity index (χ3v) is 5.83. The normalized spacial score (nSPS) is 17.4. The Kier molecular flexibility index (Phi) is 4.20.